The molecule has 0 amide bonds. The molecule has 0 aliphatic carbocycles. The van der Waals surface area contributed by atoms with Crippen molar-refractivity contribution in [3.63, 3.8) is 0 Å². The summed E-state index contributed by atoms with van der Waals surface area (Å²) in [5.74, 6) is 1.63. The molecule has 2 heterocycles. The molecule has 1 aliphatic rings. The van der Waals surface area contributed by atoms with Crippen LogP contribution in [0, 0.1) is 6.92 Å². The van der Waals surface area contributed by atoms with Crippen molar-refractivity contribution in [2.75, 3.05) is 13.2 Å². The molecule has 1 atom stereocenters. The van der Waals surface area contributed by atoms with Gasteiger partial charge in [-0.25, -0.2) is 4.98 Å². The Balaban J connectivity index is 1.93. The predicted octanol–water partition coefficient (Wildman–Crippen LogP) is 2.43. The highest BCUT2D eigenvalue weighted by Crippen LogP contribution is 2.35. The van der Waals surface area contributed by atoms with Crippen LogP contribution in [-0.2, 0) is 6.54 Å². The molecular weight excluding hydrogens is 301 g/mol. The topological polar surface area (TPSA) is 56.5 Å². The molecule has 1 aromatic carbocycles. The number of ether oxygens (including phenoxy) is 2. The van der Waals surface area contributed by atoms with Crippen LogP contribution in [0.4, 0.5) is 13.2 Å². The molecular formula is C14H15F3N2O3. The van der Waals surface area contributed by atoms with Gasteiger partial charge >= 0.3 is 6.18 Å². The molecule has 0 fully saturated rings. The lowest BCUT2D eigenvalue weighted by molar-refractivity contribution is -0.154. The van der Waals surface area contributed by atoms with E-state index in [1.165, 1.54) is 0 Å². The quantitative estimate of drug-likeness (QED) is 0.945. The first kappa shape index (κ1) is 15.0. The first-order valence-electron chi connectivity index (χ1n) is 6.85. The summed E-state index contributed by atoms with van der Waals surface area (Å²) in [6.45, 7) is 2.37. The number of imidazole rings is 1. The summed E-state index contributed by atoms with van der Waals surface area (Å²) in [6, 6.07) is 3.38. The number of aryl methyl sites for hydroxylation is 1. The van der Waals surface area contributed by atoms with E-state index in [1.54, 1.807) is 23.6 Å². The van der Waals surface area contributed by atoms with Crippen molar-refractivity contribution in [3.8, 4) is 11.5 Å². The number of rotatable bonds is 3. The molecule has 1 aromatic heterocycles. The fraction of sp³-hybridized carbons (Fsp3) is 0.500. The van der Waals surface area contributed by atoms with Crippen molar-refractivity contribution in [2.24, 2.45) is 0 Å². The van der Waals surface area contributed by atoms with Crippen LogP contribution in [0.1, 0.15) is 12.2 Å². The summed E-state index contributed by atoms with van der Waals surface area (Å²) in [6.07, 6.45) is -7.18. The molecule has 0 radical (unpaired) electrons. The summed E-state index contributed by atoms with van der Waals surface area (Å²) in [5, 5.41) is 9.65. The monoisotopic (exact) mass is 316 g/mol. The van der Waals surface area contributed by atoms with Crippen LogP contribution in [-0.4, -0.2) is 40.2 Å². The second-order valence-corrected chi connectivity index (χ2v) is 5.23. The minimum Gasteiger partial charge on any atom is -0.486 e. The summed E-state index contributed by atoms with van der Waals surface area (Å²) in [5.41, 5.74) is 1.21. The van der Waals surface area contributed by atoms with Gasteiger partial charge in [0.2, 0.25) is 0 Å². The molecule has 8 heteroatoms. The Labute approximate surface area is 124 Å². The third-order valence-electron chi connectivity index (χ3n) is 3.46. The van der Waals surface area contributed by atoms with Crippen molar-refractivity contribution >= 4 is 11.0 Å². The van der Waals surface area contributed by atoms with E-state index in [0.717, 1.165) is 0 Å². The van der Waals surface area contributed by atoms with Crippen LogP contribution >= 0.6 is 0 Å². The second kappa shape index (κ2) is 5.35. The molecule has 120 valence electrons. The second-order valence-electron chi connectivity index (χ2n) is 5.23. The third-order valence-corrected chi connectivity index (χ3v) is 3.46. The number of alkyl halides is 3. The SMILES string of the molecule is Cc1nc2cc3c(cc2n1C[C@@H](O)CC(F)(F)F)OCCO3. The van der Waals surface area contributed by atoms with Gasteiger partial charge in [-0.15, -0.1) is 0 Å². The number of halogens is 3. The number of aliphatic hydroxyl groups is 1. The van der Waals surface area contributed by atoms with Crippen LogP contribution in [0.5, 0.6) is 11.5 Å². The lowest BCUT2D eigenvalue weighted by atomic mass is 10.2. The summed E-state index contributed by atoms with van der Waals surface area (Å²) >= 11 is 0. The van der Waals surface area contributed by atoms with E-state index < -0.39 is 18.7 Å². The Morgan fingerprint density at radius 3 is 2.55 bits per heavy atom. The molecule has 1 N–H and O–H groups in total. The molecule has 0 unspecified atom stereocenters. The summed E-state index contributed by atoms with van der Waals surface area (Å²) in [4.78, 5) is 4.31. The first-order valence-corrected chi connectivity index (χ1v) is 6.85. The number of fused-ring (bicyclic) bond motifs is 2. The van der Waals surface area contributed by atoms with Gasteiger partial charge in [0.05, 0.1) is 30.1 Å². The van der Waals surface area contributed by atoms with Crippen molar-refractivity contribution in [3.05, 3.63) is 18.0 Å². The van der Waals surface area contributed by atoms with Crippen molar-refractivity contribution in [1.29, 1.82) is 0 Å². The normalized spacial score (nSPS) is 16.0. The Morgan fingerprint density at radius 1 is 1.27 bits per heavy atom. The van der Waals surface area contributed by atoms with Crippen molar-refractivity contribution < 1.29 is 27.8 Å². The summed E-state index contributed by atoms with van der Waals surface area (Å²) < 4.78 is 49.5. The molecule has 2 aromatic rings. The minimum absolute atomic E-state index is 0.179. The van der Waals surface area contributed by atoms with Gasteiger partial charge in [-0.3, -0.25) is 0 Å². The molecule has 0 bridgehead atoms. The highest BCUT2D eigenvalue weighted by atomic mass is 19.4. The highest BCUT2D eigenvalue weighted by Gasteiger charge is 2.31. The Kier molecular flexibility index (Phi) is 3.64. The van der Waals surface area contributed by atoms with E-state index in [-0.39, 0.29) is 6.54 Å². The van der Waals surface area contributed by atoms with E-state index in [0.29, 0.717) is 41.6 Å². The maximum atomic E-state index is 12.4. The number of nitrogens with zero attached hydrogens (tertiary/aromatic N) is 2. The van der Waals surface area contributed by atoms with Gasteiger partial charge < -0.3 is 19.1 Å². The largest absolute Gasteiger partial charge is 0.486 e. The van der Waals surface area contributed by atoms with Crippen LogP contribution in [0.15, 0.2) is 12.1 Å². The number of aromatic nitrogens is 2. The van der Waals surface area contributed by atoms with E-state index in [1.807, 2.05) is 0 Å². The van der Waals surface area contributed by atoms with E-state index in [4.69, 9.17) is 9.47 Å². The number of hydrogen-bond acceptors (Lipinski definition) is 4. The van der Waals surface area contributed by atoms with Crippen LogP contribution in [0.2, 0.25) is 0 Å². The van der Waals surface area contributed by atoms with Gasteiger partial charge in [-0.05, 0) is 6.92 Å². The van der Waals surface area contributed by atoms with Crippen LogP contribution in [0.25, 0.3) is 11.0 Å². The molecule has 1 aliphatic heterocycles. The average molecular weight is 316 g/mol. The highest BCUT2D eigenvalue weighted by molar-refractivity contribution is 5.80. The van der Waals surface area contributed by atoms with Gasteiger partial charge in [0.1, 0.15) is 19.0 Å². The van der Waals surface area contributed by atoms with Gasteiger partial charge in [-0.2, -0.15) is 13.2 Å². The average Bonchev–Trinajstić information content (AvgIpc) is 2.70. The molecule has 0 saturated carbocycles. The van der Waals surface area contributed by atoms with Crippen LogP contribution < -0.4 is 9.47 Å². The number of benzene rings is 1. The minimum atomic E-state index is -4.40. The number of hydrogen-bond donors (Lipinski definition) is 1. The van der Waals surface area contributed by atoms with Crippen LogP contribution in [0.3, 0.4) is 0 Å². The molecule has 22 heavy (non-hydrogen) atoms. The first-order chi connectivity index (χ1) is 10.3. The van der Waals surface area contributed by atoms with Gasteiger partial charge in [0, 0.05) is 12.1 Å². The number of aliphatic hydroxyl groups excluding tert-OH is 1. The smallest absolute Gasteiger partial charge is 0.391 e. The lowest BCUT2D eigenvalue weighted by Crippen LogP contribution is -2.24. The van der Waals surface area contributed by atoms with Gasteiger partial charge in [0.15, 0.2) is 11.5 Å². The molecule has 0 saturated heterocycles. The van der Waals surface area contributed by atoms with Gasteiger partial charge in [0.25, 0.3) is 0 Å². The van der Waals surface area contributed by atoms with E-state index in [2.05, 4.69) is 4.98 Å². The maximum Gasteiger partial charge on any atom is 0.391 e. The maximum absolute atomic E-state index is 12.4. The zero-order valence-corrected chi connectivity index (χ0v) is 11.9. The predicted molar refractivity (Wildman–Crippen MR) is 72.1 cm³/mol. The zero-order valence-electron chi connectivity index (χ0n) is 11.9. The lowest BCUT2D eigenvalue weighted by Gasteiger charge is -2.19. The Hall–Kier alpha value is -1.96. The standard InChI is InChI=1S/C14H15F3N2O3/c1-8-18-10-4-12-13(22-3-2-21-12)5-11(10)19(8)7-9(20)6-14(15,16)17/h4-5,9,20H,2-3,6-7H2,1H3/t9-/m0/s1. The Morgan fingerprint density at radius 2 is 1.91 bits per heavy atom. The summed E-state index contributed by atoms with van der Waals surface area (Å²) in [7, 11) is 0. The molecule has 3 rings (SSSR count). The molecule has 5 nitrogen and oxygen atoms in total. The third kappa shape index (κ3) is 2.96. The molecule has 0 spiro atoms. The van der Waals surface area contributed by atoms with E-state index >= 15 is 0 Å². The van der Waals surface area contributed by atoms with Crippen molar-refractivity contribution in [2.45, 2.75) is 32.2 Å². The Bertz CT molecular complexity index is 697. The van der Waals surface area contributed by atoms with Gasteiger partial charge in [-0.1, -0.05) is 0 Å². The fourth-order valence-electron chi connectivity index (χ4n) is 2.55. The van der Waals surface area contributed by atoms with E-state index in [9.17, 15) is 18.3 Å². The van der Waals surface area contributed by atoms with Crippen molar-refractivity contribution in [1.82, 2.24) is 9.55 Å². The fourth-order valence-corrected chi connectivity index (χ4v) is 2.55. The zero-order chi connectivity index (χ0) is 15.9.